The van der Waals surface area contributed by atoms with E-state index in [0.29, 0.717) is 13.1 Å². The second kappa shape index (κ2) is 3.88. The van der Waals surface area contributed by atoms with Crippen molar-refractivity contribution < 1.29 is 8.42 Å². The maximum Gasteiger partial charge on any atom is 0.280 e. The molecule has 1 saturated heterocycles. The van der Waals surface area contributed by atoms with E-state index in [-0.39, 0.29) is 6.04 Å². The summed E-state index contributed by atoms with van der Waals surface area (Å²) in [6, 6.07) is 3.52. The molecule has 2 rings (SSSR count). The molecule has 0 bridgehead atoms. The molecule has 0 saturated carbocycles. The maximum atomic E-state index is 11.6. The largest absolute Gasteiger partial charge is 0.280 e. The molecule has 1 fully saturated rings. The van der Waals surface area contributed by atoms with E-state index >= 15 is 0 Å². The maximum absolute atomic E-state index is 11.6. The molecule has 2 heterocycles. The highest BCUT2D eigenvalue weighted by atomic mass is 32.2. The minimum atomic E-state index is -3.27. The van der Waals surface area contributed by atoms with Crippen molar-refractivity contribution >= 4 is 10.2 Å². The Balaban J connectivity index is 2.26. The van der Waals surface area contributed by atoms with Gasteiger partial charge in [-0.2, -0.15) is 12.7 Å². The van der Waals surface area contributed by atoms with Crippen molar-refractivity contribution in [1.29, 1.82) is 0 Å². The summed E-state index contributed by atoms with van der Waals surface area (Å²) in [6.07, 6.45) is 3.34. The first-order chi connectivity index (χ1) is 7.11. The normalized spacial score (nSPS) is 22.7. The molecule has 1 N–H and O–H groups in total. The summed E-state index contributed by atoms with van der Waals surface area (Å²) in [7, 11) is -3.27. The summed E-state index contributed by atoms with van der Waals surface area (Å²) in [6.45, 7) is 2.88. The van der Waals surface area contributed by atoms with Crippen LogP contribution in [-0.4, -0.2) is 30.8 Å². The number of nitrogens with zero attached hydrogens (tertiary/aromatic N) is 2. The lowest BCUT2D eigenvalue weighted by molar-refractivity contribution is 0.374. The predicted octanol–water partition coefficient (Wildman–Crippen LogP) is 0.293. The quantitative estimate of drug-likeness (QED) is 0.790. The van der Waals surface area contributed by atoms with Crippen molar-refractivity contribution in [3.8, 4) is 0 Å². The minimum absolute atomic E-state index is 0.145. The van der Waals surface area contributed by atoms with E-state index in [1.54, 1.807) is 12.4 Å². The highest BCUT2D eigenvalue weighted by molar-refractivity contribution is 7.87. The van der Waals surface area contributed by atoms with Crippen molar-refractivity contribution in [1.82, 2.24) is 14.0 Å². The monoisotopic (exact) mass is 227 g/mol. The van der Waals surface area contributed by atoms with Crippen LogP contribution >= 0.6 is 0 Å². The Kier molecular flexibility index (Phi) is 2.72. The van der Waals surface area contributed by atoms with Gasteiger partial charge in [0.25, 0.3) is 10.2 Å². The molecule has 1 aromatic rings. The van der Waals surface area contributed by atoms with Gasteiger partial charge in [-0.15, -0.1) is 0 Å². The fourth-order valence-corrected chi connectivity index (χ4v) is 3.08. The van der Waals surface area contributed by atoms with E-state index in [0.717, 1.165) is 5.56 Å². The van der Waals surface area contributed by atoms with Gasteiger partial charge in [-0.3, -0.25) is 4.98 Å². The number of nitrogens with one attached hydrogen (secondary N) is 1. The number of aromatic nitrogens is 1. The van der Waals surface area contributed by atoms with Crippen LogP contribution in [0, 0.1) is 0 Å². The number of pyridine rings is 1. The standard InChI is InChI=1S/C9H13N3O2S/c1-8(9-2-4-10-5-3-9)12-7-6-11-15(12,13)14/h2-5,8,11H,6-7H2,1H3. The molecule has 0 radical (unpaired) electrons. The molecule has 1 atom stereocenters. The molecular formula is C9H13N3O2S. The van der Waals surface area contributed by atoms with Gasteiger partial charge in [-0.05, 0) is 24.6 Å². The summed E-state index contributed by atoms with van der Waals surface area (Å²) in [5.41, 5.74) is 0.956. The summed E-state index contributed by atoms with van der Waals surface area (Å²) in [5, 5.41) is 0. The molecular weight excluding hydrogens is 214 g/mol. The van der Waals surface area contributed by atoms with Gasteiger partial charge in [-0.25, -0.2) is 4.72 Å². The predicted molar refractivity (Wildman–Crippen MR) is 56.3 cm³/mol. The van der Waals surface area contributed by atoms with Gasteiger partial charge in [0.2, 0.25) is 0 Å². The third-order valence-corrected chi connectivity index (χ3v) is 4.23. The molecule has 0 amide bonds. The molecule has 1 aromatic heterocycles. The highest BCUT2D eigenvalue weighted by Gasteiger charge is 2.32. The zero-order valence-corrected chi connectivity index (χ0v) is 9.24. The van der Waals surface area contributed by atoms with Crippen LogP contribution in [0.15, 0.2) is 24.5 Å². The molecule has 0 aliphatic carbocycles. The van der Waals surface area contributed by atoms with Gasteiger partial charge < -0.3 is 0 Å². The summed E-state index contributed by atoms with van der Waals surface area (Å²) in [4.78, 5) is 3.91. The van der Waals surface area contributed by atoms with Crippen LogP contribution in [-0.2, 0) is 10.2 Å². The van der Waals surface area contributed by atoms with E-state index in [1.807, 2.05) is 19.1 Å². The fourth-order valence-electron chi connectivity index (χ4n) is 1.70. The third kappa shape index (κ3) is 2.01. The molecule has 0 spiro atoms. The highest BCUT2D eigenvalue weighted by Crippen LogP contribution is 2.23. The summed E-state index contributed by atoms with van der Waals surface area (Å²) in [5.74, 6) is 0. The Labute approximate surface area is 89.3 Å². The lowest BCUT2D eigenvalue weighted by Crippen LogP contribution is -2.31. The SMILES string of the molecule is CC(c1ccncc1)N1CCNS1(=O)=O. The van der Waals surface area contributed by atoms with E-state index in [4.69, 9.17) is 0 Å². The molecule has 1 unspecified atom stereocenters. The van der Waals surface area contributed by atoms with Crippen LogP contribution in [0.1, 0.15) is 18.5 Å². The van der Waals surface area contributed by atoms with Gasteiger partial charge in [0.15, 0.2) is 0 Å². The van der Waals surface area contributed by atoms with Crippen molar-refractivity contribution in [2.75, 3.05) is 13.1 Å². The van der Waals surface area contributed by atoms with Gasteiger partial charge in [0.05, 0.1) is 0 Å². The Bertz CT molecular complexity index is 432. The molecule has 1 aliphatic rings. The first-order valence-corrected chi connectivity index (χ1v) is 6.21. The molecule has 82 valence electrons. The van der Waals surface area contributed by atoms with Gasteiger partial charge in [0, 0.05) is 31.5 Å². The molecule has 6 heteroatoms. The first-order valence-electron chi connectivity index (χ1n) is 4.77. The zero-order valence-electron chi connectivity index (χ0n) is 8.42. The third-order valence-electron chi connectivity index (χ3n) is 2.55. The lowest BCUT2D eigenvalue weighted by atomic mass is 10.1. The Hall–Kier alpha value is -0.980. The lowest BCUT2D eigenvalue weighted by Gasteiger charge is -2.21. The van der Waals surface area contributed by atoms with Crippen LogP contribution in [0.5, 0.6) is 0 Å². The molecule has 1 aliphatic heterocycles. The first kappa shape index (κ1) is 10.5. The van der Waals surface area contributed by atoms with Gasteiger partial charge >= 0.3 is 0 Å². The van der Waals surface area contributed by atoms with E-state index in [9.17, 15) is 8.42 Å². The Morgan fingerprint density at radius 3 is 2.67 bits per heavy atom. The van der Waals surface area contributed by atoms with Gasteiger partial charge in [0.1, 0.15) is 0 Å². The van der Waals surface area contributed by atoms with Crippen LogP contribution in [0.25, 0.3) is 0 Å². The second-order valence-electron chi connectivity index (χ2n) is 3.47. The van der Waals surface area contributed by atoms with Crippen LogP contribution in [0.3, 0.4) is 0 Å². The fraction of sp³-hybridized carbons (Fsp3) is 0.444. The molecule has 5 nitrogen and oxygen atoms in total. The number of hydrogen-bond acceptors (Lipinski definition) is 3. The van der Waals surface area contributed by atoms with Crippen molar-refractivity contribution in [2.24, 2.45) is 0 Å². The van der Waals surface area contributed by atoms with Crippen molar-refractivity contribution in [3.05, 3.63) is 30.1 Å². The second-order valence-corrected chi connectivity index (χ2v) is 5.17. The van der Waals surface area contributed by atoms with Crippen molar-refractivity contribution in [3.63, 3.8) is 0 Å². The Morgan fingerprint density at radius 2 is 2.13 bits per heavy atom. The summed E-state index contributed by atoms with van der Waals surface area (Å²) >= 11 is 0. The minimum Gasteiger partial charge on any atom is -0.265 e. The molecule has 0 aromatic carbocycles. The summed E-state index contributed by atoms with van der Waals surface area (Å²) < 4.78 is 27.1. The zero-order chi connectivity index (χ0) is 10.9. The van der Waals surface area contributed by atoms with Crippen LogP contribution in [0.2, 0.25) is 0 Å². The topological polar surface area (TPSA) is 62.3 Å². The van der Waals surface area contributed by atoms with E-state index < -0.39 is 10.2 Å². The Morgan fingerprint density at radius 1 is 1.47 bits per heavy atom. The van der Waals surface area contributed by atoms with E-state index in [1.165, 1.54) is 4.31 Å². The average Bonchev–Trinajstić information content (AvgIpc) is 2.58. The van der Waals surface area contributed by atoms with E-state index in [2.05, 4.69) is 9.71 Å². The molecule has 15 heavy (non-hydrogen) atoms. The smallest absolute Gasteiger partial charge is 0.265 e. The number of hydrogen-bond donors (Lipinski definition) is 1. The van der Waals surface area contributed by atoms with Crippen molar-refractivity contribution in [2.45, 2.75) is 13.0 Å². The van der Waals surface area contributed by atoms with Crippen LogP contribution < -0.4 is 4.72 Å². The van der Waals surface area contributed by atoms with Gasteiger partial charge in [-0.1, -0.05) is 0 Å². The number of rotatable bonds is 2. The average molecular weight is 227 g/mol. The van der Waals surface area contributed by atoms with Crippen LogP contribution in [0.4, 0.5) is 0 Å².